The van der Waals surface area contributed by atoms with Crippen molar-refractivity contribution in [3.8, 4) is 0 Å². The molecule has 0 saturated heterocycles. The fourth-order valence-electron chi connectivity index (χ4n) is 2.71. The van der Waals surface area contributed by atoms with Crippen LogP contribution in [0.25, 0.3) is 5.57 Å². The van der Waals surface area contributed by atoms with Crippen LogP contribution >= 0.6 is 11.3 Å². The van der Waals surface area contributed by atoms with E-state index in [-0.39, 0.29) is 5.91 Å². The first-order valence-electron chi connectivity index (χ1n) is 8.04. The fourth-order valence-corrected chi connectivity index (χ4v) is 5.54. The standard InChI is InChI=1S/C18H20N2O3S2/c1-14(21)19-13-17-7-8-18(24-17)25(22,23)20-11-9-16(10-12-20)15-5-3-2-4-6-15/h2-9H,10-13H2,1H3,(H,19,21). The van der Waals surface area contributed by atoms with Gasteiger partial charge in [-0.15, -0.1) is 11.3 Å². The van der Waals surface area contributed by atoms with Gasteiger partial charge in [-0.3, -0.25) is 4.79 Å². The van der Waals surface area contributed by atoms with E-state index < -0.39 is 10.0 Å². The highest BCUT2D eigenvalue weighted by Gasteiger charge is 2.27. The van der Waals surface area contributed by atoms with Crippen LogP contribution in [-0.2, 0) is 21.4 Å². The molecule has 0 fully saturated rings. The van der Waals surface area contributed by atoms with Crippen LogP contribution in [0.1, 0.15) is 23.8 Å². The molecule has 25 heavy (non-hydrogen) atoms. The van der Waals surface area contributed by atoms with Crippen LogP contribution in [0.3, 0.4) is 0 Å². The molecular formula is C18H20N2O3S2. The minimum Gasteiger partial charge on any atom is -0.351 e. The average Bonchev–Trinajstić information content (AvgIpc) is 3.11. The summed E-state index contributed by atoms with van der Waals surface area (Å²) in [6.07, 6.45) is 2.69. The second-order valence-electron chi connectivity index (χ2n) is 5.84. The summed E-state index contributed by atoms with van der Waals surface area (Å²) in [6, 6.07) is 13.4. The third-order valence-electron chi connectivity index (χ3n) is 4.06. The molecule has 1 aromatic heterocycles. The monoisotopic (exact) mass is 376 g/mol. The number of benzene rings is 1. The number of carbonyl (C=O) groups is 1. The number of hydrogen-bond donors (Lipinski definition) is 1. The zero-order valence-corrected chi connectivity index (χ0v) is 15.6. The Balaban J connectivity index is 1.71. The second-order valence-corrected chi connectivity index (χ2v) is 9.17. The molecule has 0 spiro atoms. The molecular weight excluding hydrogens is 356 g/mol. The molecule has 2 heterocycles. The first-order chi connectivity index (χ1) is 12.0. The molecule has 2 aromatic rings. The summed E-state index contributed by atoms with van der Waals surface area (Å²) in [6.45, 7) is 2.65. The number of amides is 1. The van der Waals surface area contributed by atoms with Crippen LogP contribution < -0.4 is 5.32 Å². The molecule has 0 unspecified atom stereocenters. The number of rotatable bonds is 5. The number of sulfonamides is 1. The molecule has 1 aliphatic heterocycles. The van der Waals surface area contributed by atoms with E-state index in [4.69, 9.17) is 0 Å². The van der Waals surface area contributed by atoms with Gasteiger partial charge in [0.2, 0.25) is 5.91 Å². The maximum Gasteiger partial charge on any atom is 0.252 e. The van der Waals surface area contributed by atoms with E-state index in [1.807, 2.05) is 36.4 Å². The highest BCUT2D eigenvalue weighted by atomic mass is 32.2. The van der Waals surface area contributed by atoms with E-state index in [2.05, 4.69) is 5.32 Å². The molecule has 132 valence electrons. The summed E-state index contributed by atoms with van der Waals surface area (Å²) in [5.41, 5.74) is 2.33. The van der Waals surface area contributed by atoms with E-state index >= 15 is 0 Å². The quantitative estimate of drug-likeness (QED) is 0.873. The van der Waals surface area contributed by atoms with Gasteiger partial charge in [0.1, 0.15) is 4.21 Å². The van der Waals surface area contributed by atoms with Gasteiger partial charge >= 0.3 is 0 Å². The van der Waals surface area contributed by atoms with Gasteiger partial charge in [0.25, 0.3) is 10.0 Å². The summed E-state index contributed by atoms with van der Waals surface area (Å²) < 4.78 is 27.4. The largest absolute Gasteiger partial charge is 0.351 e. The highest BCUT2D eigenvalue weighted by Crippen LogP contribution is 2.29. The number of nitrogens with zero attached hydrogens (tertiary/aromatic N) is 1. The SMILES string of the molecule is CC(=O)NCc1ccc(S(=O)(=O)N2CC=C(c3ccccc3)CC2)s1. The number of thiophene rings is 1. The molecule has 0 radical (unpaired) electrons. The molecule has 0 saturated carbocycles. The Morgan fingerprint density at radius 2 is 1.96 bits per heavy atom. The van der Waals surface area contributed by atoms with Crippen molar-refractivity contribution in [3.05, 3.63) is 59.0 Å². The van der Waals surface area contributed by atoms with Gasteiger partial charge in [-0.1, -0.05) is 36.4 Å². The van der Waals surface area contributed by atoms with E-state index in [9.17, 15) is 13.2 Å². The van der Waals surface area contributed by atoms with Crippen LogP contribution in [0, 0.1) is 0 Å². The van der Waals surface area contributed by atoms with Gasteiger partial charge in [0.15, 0.2) is 0 Å². The number of carbonyl (C=O) groups excluding carboxylic acids is 1. The van der Waals surface area contributed by atoms with Crippen molar-refractivity contribution in [3.63, 3.8) is 0 Å². The van der Waals surface area contributed by atoms with Crippen LogP contribution in [0.2, 0.25) is 0 Å². The molecule has 1 amide bonds. The van der Waals surface area contributed by atoms with Gasteiger partial charge in [0, 0.05) is 24.9 Å². The summed E-state index contributed by atoms with van der Waals surface area (Å²) >= 11 is 1.21. The van der Waals surface area contributed by atoms with Crippen molar-refractivity contribution >= 4 is 32.8 Å². The molecule has 7 heteroatoms. The minimum absolute atomic E-state index is 0.132. The summed E-state index contributed by atoms with van der Waals surface area (Å²) in [5, 5.41) is 2.68. The maximum atomic E-state index is 12.8. The lowest BCUT2D eigenvalue weighted by atomic mass is 10.0. The van der Waals surface area contributed by atoms with Gasteiger partial charge in [-0.05, 0) is 29.7 Å². The van der Waals surface area contributed by atoms with E-state index in [0.717, 1.165) is 10.4 Å². The zero-order valence-electron chi connectivity index (χ0n) is 13.9. The summed E-state index contributed by atoms with van der Waals surface area (Å²) in [7, 11) is -3.49. The Bertz CT molecular complexity index is 886. The molecule has 0 bridgehead atoms. The van der Waals surface area contributed by atoms with Gasteiger partial charge in [0.05, 0.1) is 6.54 Å². The van der Waals surface area contributed by atoms with Gasteiger partial charge in [-0.25, -0.2) is 8.42 Å². The molecule has 3 rings (SSSR count). The minimum atomic E-state index is -3.49. The number of hydrogen-bond acceptors (Lipinski definition) is 4. The lowest BCUT2D eigenvalue weighted by Gasteiger charge is -2.25. The molecule has 0 aliphatic carbocycles. The van der Waals surface area contributed by atoms with Crippen LogP contribution in [-0.4, -0.2) is 31.7 Å². The van der Waals surface area contributed by atoms with Crippen LogP contribution in [0.4, 0.5) is 0 Å². The van der Waals surface area contributed by atoms with E-state index in [1.165, 1.54) is 28.1 Å². The van der Waals surface area contributed by atoms with Crippen LogP contribution in [0.15, 0.2) is 52.7 Å². The van der Waals surface area contributed by atoms with E-state index in [0.29, 0.717) is 30.3 Å². The van der Waals surface area contributed by atoms with Crippen molar-refractivity contribution in [2.24, 2.45) is 0 Å². The normalized spacial score (nSPS) is 15.6. The molecule has 0 atom stereocenters. The molecule has 1 N–H and O–H groups in total. The third kappa shape index (κ3) is 4.18. The molecule has 1 aromatic carbocycles. The Hall–Kier alpha value is -1.96. The number of nitrogens with one attached hydrogen (secondary N) is 1. The Labute approximate surface area is 152 Å². The summed E-state index contributed by atoms with van der Waals surface area (Å²) in [4.78, 5) is 11.8. The fraction of sp³-hybridized carbons (Fsp3) is 0.278. The first-order valence-corrected chi connectivity index (χ1v) is 10.3. The van der Waals surface area contributed by atoms with Gasteiger partial charge in [-0.2, -0.15) is 4.31 Å². The van der Waals surface area contributed by atoms with Crippen molar-refractivity contribution in [1.82, 2.24) is 9.62 Å². The summed E-state index contributed by atoms with van der Waals surface area (Å²) in [5.74, 6) is -0.132. The lowest BCUT2D eigenvalue weighted by molar-refractivity contribution is -0.119. The zero-order chi connectivity index (χ0) is 17.9. The van der Waals surface area contributed by atoms with Crippen molar-refractivity contribution in [2.45, 2.75) is 24.1 Å². The maximum absolute atomic E-state index is 12.8. The van der Waals surface area contributed by atoms with Crippen molar-refractivity contribution < 1.29 is 13.2 Å². The second kappa shape index (κ2) is 7.51. The Kier molecular flexibility index (Phi) is 5.36. The Morgan fingerprint density at radius 1 is 1.20 bits per heavy atom. The Morgan fingerprint density at radius 3 is 2.60 bits per heavy atom. The smallest absolute Gasteiger partial charge is 0.252 e. The molecule has 1 aliphatic rings. The molecule has 5 nitrogen and oxygen atoms in total. The van der Waals surface area contributed by atoms with Crippen molar-refractivity contribution in [2.75, 3.05) is 13.1 Å². The predicted octanol–water partition coefficient (Wildman–Crippen LogP) is 2.86. The highest BCUT2D eigenvalue weighted by molar-refractivity contribution is 7.91. The predicted molar refractivity (Wildman–Crippen MR) is 99.6 cm³/mol. The average molecular weight is 377 g/mol. The third-order valence-corrected chi connectivity index (χ3v) is 7.48. The topological polar surface area (TPSA) is 66.5 Å². The lowest BCUT2D eigenvalue weighted by Crippen LogP contribution is -2.34. The van der Waals surface area contributed by atoms with E-state index in [1.54, 1.807) is 12.1 Å². The van der Waals surface area contributed by atoms with Crippen LogP contribution in [0.5, 0.6) is 0 Å². The first kappa shape index (κ1) is 17.8. The van der Waals surface area contributed by atoms with Crippen molar-refractivity contribution in [1.29, 1.82) is 0 Å². The van der Waals surface area contributed by atoms with Gasteiger partial charge < -0.3 is 5.32 Å².